The van der Waals surface area contributed by atoms with Gasteiger partial charge in [0.25, 0.3) is 0 Å². The van der Waals surface area contributed by atoms with Gasteiger partial charge in [0, 0.05) is 5.02 Å². The van der Waals surface area contributed by atoms with E-state index >= 15 is 0 Å². The number of hydrogen-bond donors (Lipinski definition) is 2. The van der Waals surface area contributed by atoms with E-state index in [-0.39, 0.29) is 10.7 Å². The number of halogens is 4. The highest BCUT2D eigenvalue weighted by molar-refractivity contribution is 6.30. The second-order valence-corrected chi connectivity index (χ2v) is 5.51. The van der Waals surface area contributed by atoms with Gasteiger partial charge in [0.05, 0.1) is 11.3 Å². The number of nitrogens with one attached hydrogen (secondary N) is 2. The van der Waals surface area contributed by atoms with Gasteiger partial charge in [-0.1, -0.05) is 48.9 Å². The maximum Gasteiger partial charge on any atom is 0.418 e. The largest absolute Gasteiger partial charge is 0.418 e. The molecular formula is C17H16ClF3N2O. The van der Waals surface area contributed by atoms with Gasteiger partial charge < -0.3 is 10.6 Å². The quantitative estimate of drug-likeness (QED) is 0.818. The Morgan fingerprint density at radius 3 is 2.42 bits per heavy atom. The van der Waals surface area contributed by atoms with Crippen LogP contribution in [-0.2, 0) is 11.0 Å². The summed E-state index contributed by atoms with van der Waals surface area (Å²) in [7, 11) is 0. The Kier molecular flexibility index (Phi) is 5.85. The average Bonchev–Trinajstić information content (AvgIpc) is 2.54. The molecule has 128 valence electrons. The van der Waals surface area contributed by atoms with Crippen LogP contribution in [0.3, 0.4) is 0 Å². The SMILES string of the molecule is CCNC(C(=O)Nc1ccc(Cl)cc1C(F)(F)F)c1ccccc1. The Morgan fingerprint density at radius 1 is 1.17 bits per heavy atom. The molecule has 0 radical (unpaired) electrons. The topological polar surface area (TPSA) is 41.1 Å². The zero-order valence-electron chi connectivity index (χ0n) is 12.8. The minimum atomic E-state index is -4.62. The maximum atomic E-state index is 13.1. The minimum absolute atomic E-state index is 0.0494. The van der Waals surface area contributed by atoms with E-state index in [0.717, 1.165) is 12.1 Å². The second-order valence-electron chi connectivity index (χ2n) is 5.08. The zero-order chi connectivity index (χ0) is 17.7. The van der Waals surface area contributed by atoms with E-state index in [1.807, 2.05) is 6.92 Å². The van der Waals surface area contributed by atoms with Crippen LogP contribution in [-0.4, -0.2) is 12.5 Å². The summed E-state index contributed by atoms with van der Waals surface area (Å²) in [5.74, 6) is -0.573. The van der Waals surface area contributed by atoms with Gasteiger partial charge in [0.15, 0.2) is 0 Å². The fourth-order valence-corrected chi connectivity index (χ4v) is 2.45. The molecule has 24 heavy (non-hydrogen) atoms. The van der Waals surface area contributed by atoms with Gasteiger partial charge in [0.2, 0.25) is 5.91 Å². The van der Waals surface area contributed by atoms with Gasteiger partial charge in [-0.3, -0.25) is 4.79 Å². The van der Waals surface area contributed by atoms with Crippen LogP contribution < -0.4 is 10.6 Å². The third-order valence-electron chi connectivity index (χ3n) is 3.35. The first kappa shape index (κ1) is 18.3. The number of carbonyl (C=O) groups is 1. The van der Waals surface area contributed by atoms with Crippen molar-refractivity contribution in [1.29, 1.82) is 0 Å². The molecule has 7 heteroatoms. The van der Waals surface area contributed by atoms with Crippen LogP contribution in [0.15, 0.2) is 48.5 Å². The van der Waals surface area contributed by atoms with Gasteiger partial charge >= 0.3 is 6.18 Å². The predicted molar refractivity (Wildman–Crippen MR) is 87.9 cm³/mol. The molecule has 0 fully saturated rings. The number of likely N-dealkylation sites (N-methyl/N-ethyl adjacent to an activating group) is 1. The highest BCUT2D eigenvalue weighted by Gasteiger charge is 2.34. The lowest BCUT2D eigenvalue weighted by Gasteiger charge is -2.20. The number of alkyl halides is 3. The molecule has 0 saturated heterocycles. The molecule has 1 atom stereocenters. The van der Waals surface area contributed by atoms with Crippen molar-refractivity contribution < 1.29 is 18.0 Å². The summed E-state index contributed by atoms with van der Waals surface area (Å²) in [6, 6.07) is 11.3. The Balaban J connectivity index is 2.31. The van der Waals surface area contributed by atoms with Gasteiger partial charge in [-0.25, -0.2) is 0 Å². The van der Waals surface area contributed by atoms with Crippen LogP contribution in [0.4, 0.5) is 18.9 Å². The highest BCUT2D eigenvalue weighted by atomic mass is 35.5. The lowest BCUT2D eigenvalue weighted by molar-refractivity contribution is -0.137. The molecule has 2 aromatic carbocycles. The third-order valence-corrected chi connectivity index (χ3v) is 3.58. The Bertz CT molecular complexity index is 705. The van der Waals surface area contributed by atoms with Gasteiger partial charge in [0.1, 0.15) is 6.04 Å². The van der Waals surface area contributed by atoms with E-state index in [0.29, 0.717) is 12.1 Å². The first-order valence-electron chi connectivity index (χ1n) is 7.29. The summed E-state index contributed by atoms with van der Waals surface area (Å²) < 4.78 is 39.4. The van der Waals surface area contributed by atoms with Crippen molar-refractivity contribution in [3.05, 3.63) is 64.7 Å². The maximum absolute atomic E-state index is 13.1. The van der Waals surface area contributed by atoms with Crippen molar-refractivity contribution in [1.82, 2.24) is 5.32 Å². The van der Waals surface area contributed by atoms with Crippen molar-refractivity contribution >= 4 is 23.2 Å². The number of carbonyl (C=O) groups excluding carboxylic acids is 1. The van der Waals surface area contributed by atoms with E-state index in [2.05, 4.69) is 10.6 Å². The summed E-state index contributed by atoms with van der Waals surface area (Å²) in [5.41, 5.74) is -0.637. The standard InChI is InChI=1S/C17H16ClF3N2O/c1-2-22-15(11-6-4-3-5-7-11)16(24)23-14-9-8-12(18)10-13(14)17(19,20)21/h3-10,15,22H,2H2,1H3,(H,23,24). The summed E-state index contributed by atoms with van der Waals surface area (Å²) in [4.78, 5) is 12.5. The molecule has 1 unspecified atom stereocenters. The molecule has 0 saturated carbocycles. The fourth-order valence-electron chi connectivity index (χ4n) is 2.28. The summed E-state index contributed by atoms with van der Waals surface area (Å²) in [5, 5.41) is 5.27. The van der Waals surface area contributed by atoms with E-state index in [1.165, 1.54) is 6.07 Å². The van der Waals surface area contributed by atoms with Crippen LogP contribution in [0.1, 0.15) is 24.1 Å². The number of anilines is 1. The number of hydrogen-bond acceptors (Lipinski definition) is 2. The molecule has 0 heterocycles. The average molecular weight is 357 g/mol. The normalized spacial score (nSPS) is 12.7. The number of rotatable bonds is 5. The first-order chi connectivity index (χ1) is 11.3. The Morgan fingerprint density at radius 2 is 1.83 bits per heavy atom. The Labute approximate surface area is 142 Å². The monoisotopic (exact) mass is 356 g/mol. The van der Waals surface area contributed by atoms with E-state index < -0.39 is 23.7 Å². The van der Waals surface area contributed by atoms with Crippen LogP contribution in [0.2, 0.25) is 5.02 Å². The molecule has 2 N–H and O–H groups in total. The molecule has 0 aliphatic carbocycles. The third kappa shape index (κ3) is 4.49. The molecular weight excluding hydrogens is 341 g/mol. The van der Waals surface area contributed by atoms with Crippen LogP contribution in [0.25, 0.3) is 0 Å². The van der Waals surface area contributed by atoms with Crippen LogP contribution >= 0.6 is 11.6 Å². The van der Waals surface area contributed by atoms with Crippen molar-refractivity contribution in [3.63, 3.8) is 0 Å². The van der Waals surface area contributed by atoms with E-state index in [1.54, 1.807) is 30.3 Å². The van der Waals surface area contributed by atoms with Gasteiger partial charge in [-0.05, 0) is 30.3 Å². The van der Waals surface area contributed by atoms with E-state index in [9.17, 15) is 18.0 Å². The van der Waals surface area contributed by atoms with Crippen molar-refractivity contribution in [2.75, 3.05) is 11.9 Å². The number of amides is 1. The van der Waals surface area contributed by atoms with Crippen LogP contribution in [0.5, 0.6) is 0 Å². The Hall–Kier alpha value is -2.05. The predicted octanol–water partition coefficient (Wildman–Crippen LogP) is 4.65. The number of benzene rings is 2. The molecule has 3 nitrogen and oxygen atoms in total. The van der Waals surface area contributed by atoms with Crippen LogP contribution in [0, 0.1) is 0 Å². The molecule has 1 amide bonds. The molecule has 0 spiro atoms. The molecule has 0 aromatic heterocycles. The summed E-state index contributed by atoms with van der Waals surface area (Å²) in [6.45, 7) is 2.30. The van der Waals surface area contributed by atoms with Crippen molar-refractivity contribution in [2.24, 2.45) is 0 Å². The molecule has 2 rings (SSSR count). The minimum Gasteiger partial charge on any atom is -0.324 e. The van der Waals surface area contributed by atoms with Crippen molar-refractivity contribution in [3.8, 4) is 0 Å². The molecule has 0 aliphatic rings. The highest BCUT2D eigenvalue weighted by Crippen LogP contribution is 2.36. The lowest BCUT2D eigenvalue weighted by atomic mass is 10.1. The van der Waals surface area contributed by atoms with Crippen molar-refractivity contribution in [2.45, 2.75) is 19.1 Å². The second kappa shape index (κ2) is 7.68. The molecule has 2 aromatic rings. The first-order valence-corrected chi connectivity index (χ1v) is 7.66. The lowest BCUT2D eigenvalue weighted by Crippen LogP contribution is -2.33. The summed E-state index contributed by atoms with van der Waals surface area (Å²) in [6.07, 6.45) is -4.62. The smallest absolute Gasteiger partial charge is 0.324 e. The van der Waals surface area contributed by atoms with E-state index in [4.69, 9.17) is 11.6 Å². The van der Waals surface area contributed by atoms with Gasteiger partial charge in [-0.15, -0.1) is 0 Å². The molecule has 0 aliphatic heterocycles. The molecule has 0 bridgehead atoms. The fraction of sp³-hybridized carbons (Fsp3) is 0.235. The zero-order valence-corrected chi connectivity index (χ0v) is 13.6. The summed E-state index contributed by atoms with van der Waals surface area (Å²) >= 11 is 5.64. The van der Waals surface area contributed by atoms with Gasteiger partial charge in [-0.2, -0.15) is 13.2 Å².